The van der Waals surface area contributed by atoms with E-state index in [4.69, 9.17) is 5.73 Å². The van der Waals surface area contributed by atoms with Crippen molar-refractivity contribution < 1.29 is 4.79 Å². The van der Waals surface area contributed by atoms with Gasteiger partial charge >= 0.3 is 0 Å². The standard InChI is InChI=1S/C19H22N2O.ClH/c20-16-10-8-14(9-11-16)12-13-21-19(22)18-7-3-5-15-4-1-2-6-17(15)18;/h1-2,4,6,8-11,18H,3,5,7,12-13,20H2,(H,21,22);1H. The number of aryl methyl sites for hydroxylation is 1. The van der Waals surface area contributed by atoms with Crippen LogP contribution in [-0.4, -0.2) is 12.5 Å². The number of nitrogens with two attached hydrogens (primary N) is 1. The van der Waals surface area contributed by atoms with Gasteiger partial charge in [-0.2, -0.15) is 0 Å². The predicted molar refractivity (Wildman–Crippen MR) is 96.9 cm³/mol. The van der Waals surface area contributed by atoms with E-state index >= 15 is 0 Å². The number of fused-ring (bicyclic) bond motifs is 1. The lowest BCUT2D eigenvalue weighted by Crippen LogP contribution is -2.32. The Morgan fingerprint density at radius 1 is 1.13 bits per heavy atom. The van der Waals surface area contributed by atoms with Crippen LogP contribution in [0.3, 0.4) is 0 Å². The molecule has 3 rings (SSSR count). The molecule has 0 fully saturated rings. The molecule has 0 aromatic heterocycles. The fourth-order valence-corrected chi connectivity index (χ4v) is 3.16. The minimum Gasteiger partial charge on any atom is -0.399 e. The van der Waals surface area contributed by atoms with Crippen molar-refractivity contribution in [3.63, 3.8) is 0 Å². The molecule has 1 unspecified atom stereocenters. The summed E-state index contributed by atoms with van der Waals surface area (Å²) in [5.41, 5.74) is 10.2. The number of anilines is 1. The first-order valence-corrected chi connectivity index (χ1v) is 7.94. The normalized spacial score (nSPS) is 16.1. The summed E-state index contributed by atoms with van der Waals surface area (Å²) >= 11 is 0. The van der Waals surface area contributed by atoms with E-state index in [0.717, 1.165) is 31.4 Å². The van der Waals surface area contributed by atoms with Gasteiger partial charge in [0, 0.05) is 12.2 Å². The minimum atomic E-state index is 0. The second-order valence-electron chi connectivity index (χ2n) is 5.93. The van der Waals surface area contributed by atoms with Crippen molar-refractivity contribution in [1.29, 1.82) is 0 Å². The van der Waals surface area contributed by atoms with E-state index in [-0.39, 0.29) is 24.2 Å². The number of nitrogen functional groups attached to an aromatic ring is 1. The zero-order valence-corrected chi connectivity index (χ0v) is 13.9. The summed E-state index contributed by atoms with van der Waals surface area (Å²) in [7, 11) is 0. The summed E-state index contributed by atoms with van der Waals surface area (Å²) in [6, 6.07) is 16.1. The lowest BCUT2D eigenvalue weighted by atomic mass is 9.82. The number of halogens is 1. The van der Waals surface area contributed by atoms with Crippen molar-refractivity contribution in [2.75, 3.05) is 12.3 Å². The zero-order valence-electron chi connectivity index (χ0n) is 13.1. The number of rotatable bonds is 4. The Kier molecular flexibility index (Phi) is 6.05. The molecular weight excluding hydrogens is 308 g/mol. The Labute approximate surface area is 143 Å². The van der Waals surface area contributed by atoms with E-state index in [0.29, 0.717) is 6.54 Å². The lowest BCUT2D eigenvalue weighted by molar-refractivity contribution is -0.122. The molecule has 0 bridgehead atoms. The van der Waals surface area contributed by atoms with Crippen LogP contribution < -0.4 is 11.1 Å². The van der Waals surface area contributed by atoms with E-state index in [1.165, 1.54) is 16.7 Å². The summed E-state index contributed by atoms with van der Waals surface area (Å²) in [6.45, 7) is 0.668. The second kappa shape index (κ2) is 8.02. The molecule has 0 radical (unpaired) electrons. The van der Waals surface area contributed by atoms with Gasteiger partial charge in [0.2, 0.25) is 5.91 Å². The van der Waals surface area contributed by atoms with Gasteiger partial charge in [-0.25, -0.2) is 0 Å². The lowest BCUT2D eigenvalue weighted by Gasteiger charge is -2.24. The Morgan fingerprint density at radius 3 is 2.65 bits per heavy atom. The SMILES string of the molecule is Cl.Nc1ccc(CCNC(=O)C2CCCc3ccccc32)cc1. The Morgan fingerprint density at radius 2 is 1.87 bits per heavy atom. The van der Waals surface area contributed by atoms with Crippen molar-refractivity contribution >= 4 is 24.0 Å². The van der Waals surface area contributed by atoms with Crippen LogP contribution >= 0.6 is 12.4 Å². The molecule has 1 atom stereocenters. The highest BCUT2D eigenvalue weighted by Gasteiger charge is 2.25. The number of nitrogens with one attached hydrogen (secondary N) is 1. The zero-order chi connectivity index (χ0) is 15.4. The molecule has 122 valence electrons. The highest BCUT2D eigenvalue weighted by atomic mass is 35.5. The number of hydrogen-bond donors (Lipinski definition) is 2. The van der Waals surface area contributed by atoms with E-state index in [2.05, 4.69) is 23.5 Å². The van der Waals surface area contributed by atoms with Crippen molar-refractivity contribution in [3.8, 4) is 0 Å². The maximum Gasteiger partial charge on any atom is 0.227 e. The molecule has 3 nitrogen and oxygen atoms in total. The monoisotopic (exact) mass is 330 g/mol. The molecule has 4 heteroatoms. The molecule has 0 aliphatic heterocycles. The van der Waals surface area contributed by atoms with Gasteiger partial charge in [0.05, 0.1) is 5.92 Å². The largest absolute Gasteiger partial charge is 0.399 e. The van der Waals surface area contributed by atoms with Gasteiger partial charge in [0.1, 0.15) is 0 Å². The molecule has 1 aliphatic rings. The van der Waals surface area contributed by atoms with Gasteiger partial charge < -0.3 is 11.1 Å². The maximum absolute atomic E-state index is 12.5. The van der Waals surface area contributed by atoms with E-state index < -0.39 is 0 Å². The summed E-state index contributed by atoms with van der Waals surface area (Å²) < 4.78 is 0. The van der Waals surface area contributed by atoms with E-state index in [1.807, 2.05) is 30.3 Å². The number of carbonyl (C=O) groups is 1. The van der Waals surface area contributed by atoms with Crippen LogP contribution in [0, 0.1) is 0 Å². The molecule has 0 heterocycles. The Hall–Kier alpha value is -2.00. The van der Waals surface area contributed by atoms with Gasteiger partial charge in [-0.15, -0.1) is 12.4 Å². The average molecular weight is 331 g/mol. The Bertz CT molecular complexity index is 655. The molecule has 2 aromatic carbocycles. The average Bonchev–Trinajstić information content (AvgIpc) is 2.56. The van der Waals surface area contributed by atoms with Crippen LogP contribution in [0.4, 0.5) is 5.69 Å². The molecule has 1 amide bonds. The second-order valence-corrected chi connectivity index (χ2v) is 5.93. The number of hydrogen-bond acceptors (Lipinski definition) is 2. The number of benzene rings is 2. The quantitative estimate of drug-likeness (QED) is 0.843. The first kappa shape index (κ1) is 17.4. The molecule has 0 spiro atoms. The summed E-state index contributed by atoms with van der Waals surface area (Å²) in [4.78, 5) is 12.5. The fraction of sp³-hybridized carbons (Fsp3) is 0.316. The topological polar surface area (TPSA) is 55.1 Å². The first-order chi connectivity index (χ1) is 10.7. The van der Waals surface area contributed by atoms with E-state index in [9.17, 15) is 4.79 Å². The molecule has 0 saturated carbocycles. The highest BCUT2D eigenvalue weighted by Crippen LogP contribution is 2.31. The van der Waals surface area contributed by atoms with Gasteiger partial charge in [-0.1, -0.05) is 36.4 Å². The van der Waals surface area contributed by atoms with Crippen LogP contribution in [-0.2, 0) is 17.6 Å². The molecule has 0 saturated heterocycles. The Balaban J connectivity index is 0.00000192. The molecule has 2 aromatic rings. The van der Waals surface area contributed by atoms with Crippen molar-refractivity contribution in [3.05, 3.63) is 65.2 Å². The van der Waals surface area contributed by atoms with Gasteiger partial charge in [-0.3, -0.25) is 4.79 Å². The van der Waals surface area contributed by atoms with Gasteiger partial charge in [-0.05, 0) is 54.5 Å². The minimum absolute atomic E-state index is 0. The van der Waals surface area contributed by atoms with Crippen LogP contribution in [0.2, 0.25) is 0 Å². The van der Waals surface area contributed by atoms with Crippen LogP contribution in [0.1, 0.15) is 35.4 Å². The molecule has 23 heavy (non-hydrogen) atoms. The number of amides is 1. The van der Waals surface area contributed by atoms with Gasteiger partial charge in [0.15, 0.2) is 0 Å². The van der Waals surface area contributed by atoms with Crippen LogP contribution in [0.15, 0.2) is 48.5 Å². The summed E-state index contributed by atoms with van der Waals surface area (Å²) in [6.07, 6.45) is 3.96. The molecular formula is C19H23ClN2O. The van der Waals surface area contributed by atoms with Crippen molar-refractivity contribution in [1.82, 2.24) is 5.32 Å². The summed E-state index contributed by atoms with van der Waals surface area (Å²) in [5, 5.41) is 3.09. The van der Waals surface area contributed by atoms with Crippen LogP contribution in [0.5, 0.6) is 0 Å². The summed E-state index contributed by atoms with van der Waals surface area (Å²) in [5.74, 6) is 0.166. The predicted octanol–water partition coefficient (Wildman–Crippen LogP) is 3.47. The third-order valence-electron chi connectivity index (χ3n) is 4.38. The van der Waals surface area contributed by atoms with Gasteiger partial charge in [0.25, 0.3) is 0 Å². The third-order valence-corrected chi connectivity index (χ3v) is 4.38. The van der Waals surface area contributed by atoms with Crippen LogP contribution in [0.25, 0.3) is 0 Å². The highest BCUT2D eigenvalue weighted by molar-refractivity contribution is 5.85. The molecule has 1 aliphatic carbocycles. The smallest absolute Gasteiger partial charge is 0.227 e. The third kappa shape index (κ3) is 4.26. The fourth-order valence-electron chi connectivity index (χ4n) is 3.16. The maximum atomic E-state index is 12.5. The van der Waals surface area contributed by atoms with Crippen molar-refractivity contribution in [2.45, 2.75) is 31.6 Å². The van der Waals surface area contributed by atoms with E-state index in [1.54, 1.807) is 0 Å². The van der Waals surface area contributed by atoms with Crippen molar-refractivity contribution in [2.24, 2.45) is 0 Å². The molecule has 3 N–H and O–H groups in total. The number of carbonyl (C=O) groups excluding carboxylic acids is 1. The first-order valence-electron chi connectivity index (χ1n) is 7.94.